The summed E-state index contributed by atoms with van der Waals surface area (Å²) in [6.07, 6.45) is 0.580. The molecule has 2 aromatic rings. The van der Waals surface area contributed by atoms with Crippen LogP contribution in [-0.4, -0.2) is 16.7 Å². The van der Waals surface area contributed by atoms with Crippen molar-refractivity contribution in [1.82, 2.24) is 10.4 Å². The van der Waals surface area contributed by atoms with E-state index in [1.807, 2.05) is 26.8 Å². The highest BCUT2D eigenvalue weighted by Crippen LogP contribution is 2.50. The standard InChI is InChI=1S/C26H24ClFN4O2/c1-14-7-9-15(10-8-14)25(34)31-32-19-11-26(2,3)12-20(33)23(19)21(16(13-29)24(32)30)22-17(27)5-4-6-18(22)28/h4-10,21H,11-12,30H2,1-3H3,(H,31,34). The monoisotopic (exact) mass is 478 g/mol. The molecule has 0 saturated carbocycles. The fraction of sp³-hybridized carbons (Fsp3) is 0.269. The lowest BCUT2D eigenvalue weighted by Crippen LogP contribution is -2.50. The fourth-order valence-electron chi connectivity index (χ4n) is 4.58. The number of nitriles is 1. The van der Waals surface area contributed by atoms with E-state index >= 15 is 0 Å². The Labute approximate surface area is 202 Å². The third-order valence-corrected chi connectivity index (χ3v) is 6.53. The van der Waals surface area contributed by atoms with Crippen LogP contribution in [0.15, 0.2) is 65.1 Å². The third kappa shape index (κ3) is 4.06. The third-order valence-electron chi connectivity index (χ3n) is 6.20. The first-order valence-corrected chi connectivity index (χ1v) is 11.2. The van der Waals surface area contributed by atoms with Crippen LogP contribution in [0.3, 0.4) is 0 Å². The van der Waals surface area contributed by atoms with Crippen molar-refractivity contribution < 1.29 is 14.0 Å². The number of allylic oxidation sites excluding steroid dienone is 3. The highest BCUT2D eigenvalue weighted by Gasteiger charge is 2.46. The van der Waals surface area contributed by atoms with E-state index in [9.17, 15) is 19.2 Å². The number of carbonyl (C=O) groups is 2. The van der Waals surface area contributed by atoms with Crippen molar-refractivity contribution in [3.8, 4) is 6.07 Å². The van der Waals surface area contributed by atoms with Crippen LogP contribution in [0.25, 0.3) is 0 Å². The lowest BCUT2D eigenvalue weighted by atomic mass is 9.69. The number of halogens is 2. The van der Waals surface area contributed by atoms with Crippen LogP contribution in [-0.2, 0) is 4.79 Å². The van der Waals surface area contributed by atoms with Crippen LogP contribution in [0.5, 0.6) is 0 Å². The molecule has 0 radical (unpaired) electrons. The summed E-state index contributed by atoms with van der Waals surface area (Å²) < 4.78 is 15.0. The Hall–Kier alpha value is -3.63. The summed E-state index contributed by atoms with van der Waals surface area (Å²) in [5.41, 5.74) is 10.7. The summed E-state index contributed by atoms with van der Waals surface area (Å²) in [7, 11) is 0. The predicted molar refractivity (Wildman–Crippen MR) is 127 cm³/mol. The second-order valence-corrected chi connectivity index (χ2v) is 9.83. The molecule has 0 aromatic heterocycles. The van der Waals surface area contributed by atoms with Gasteiger partial charge in [0, 0.05) is 28.1 Å². The van der Waals surface area contributed by atoms with Crippen molar-refractivity contribution in [3.63, 3.8) is 0 Å². The number of rotatable bonds is 3. The number of nitrogens with one attached hydrogen (secondary N) is 1. The van der Waals surface area contributed by atoms with Crippen molar-refractivity contribution in [2.45, 2.75) is 39.5 Å². The first-order valence-electron chi connectivity index (χ1n) is 10.8. The van der Waals surface area contributed by atoms with Crippen molar-refractivity contribution in [1.29, 1.82) is 5.26 Å². The van der Waals surface area contributed by atoms with E-state index in [1.165, 1.54) is 23.2 Å². The minimum absolute atomic E-state index is 0.0220. The Balaban J connectivity index is 1.90. The summed E-state index contributed by atoms with van der Waals surface area (Å²) in [6, 6.07) is 13.2. The molecule has 1 aliphatic carbocycles. The molecule has 8 heteroatoms. The molecule has 1 aliphatic heterocycles. The zero-order valence-corrected chi connectivity index (χ0v) is 19.8. The fourth-order valence-corrected chi connectivity index (χ4v) is 4.85. The molecule has 4 rings (SSSR count). The predicted octanol–water partition coefficient (Wildman–Crippen LogP) is 4.87. The van der Waals surface area contributed by atoms with Crippen molar-refractivity contribution in [3.05, 3.63) is 92.7 Å². The van der Waals surface area contributed by atoms with Crippen molar-refractivity contribution in [2.75, 3.05) is 0 Å². The largest absolute Gasteiger partial charge is 0.383 e. The number of amides is 1. The zero-order valence-electron chi connectivity index (χ0n) is 19.1. The normalized spacial score (nSPS) is 19.6. The molecular formula is C26H24ClFN4O2. The minimum Gasteiger partial charge on any atom is -0.383 e. The van der Waals surface area contributed by atoms with Gasteiger partial charge in [0.1, 0.15) is 11.6 Å². The molecule has 0 saturated heterocycles. The number of benzene rings is 2. The molecule has 0 fully saturated rings. The van der Waals surface area contributed by atoms with E-state index in [0.29, 0.717) is 17.7 Å². The molecule has 1 unspecified atom stereocenters. The maximum atomic E-state index is 15.0. The van der Waals surface area contributed by atoms with E-state index < -0.39 is 23.1 Å². The van der Waals surface area contributed by atoms with E-state index in [1.54, 1.807) is 24.3 Å². The Morgan fingerprint density at radius 2 is 1.91 bits per heavy atom. The Morgan fingerprint density at radius 3 is 2.53 bits per heavy atom. The van der Waals surface area contributed by atoms with Gasteiger partial charge in [0.15, 0.2) is 5.78 Å². The summed E-state index contributed by atoms with van der Waals surface area (Å²) in [6.45, 7) is 5.77. The van der Waals surface area contributed by atoms with Gasteiger partial charge in [-0.2, -0.15) is 5.26 Å². The number of carbonyl (C=O) groups excluding carboxylic acids is 2. The summed E-state index contributed by atoms with van der Waals surface area (Å²) in [5.74, 6) is -2.48. The molecule has 0 spiro atoms. The van der Waals surface area contributed by atoms with Gasteiger partial charge in [0.2, 0.25) is 0 Å². The summed E-state index contributed by atoms with van der Waals surface area (Å²) >= 11 is 6.35. The molecule has 1 atom stereocenters. The van der Waals surface area contributed by atoms with Gasteiger partial charge in [-0.3, -0.25) is 15.0 Å². The summed E-state index contributed by atoms with van der Waals surface area (Å²) in [4.78, 5) is 26.5. The van der Waals surface area contributed by atoms with Crippen LogP contribution in [0.1, 0.15) is 54.1 Å². The van der Waals surface area contributed by atoms with Gasteiger partial charge in [-0.05, 0) is 43.0 Å². The first-order chi connectivity index (χ1) is 16.0. The highest BCUT2D eigenvalue weighted by atomic mass is 35.5. The molecular weight excluding hydrogens is 455 g/mol. The number of hydrazine groups is 1. The second-order valence-electron chi connectivity index (χ2n) is 9.42. The molecule has 34 heavy (non-hydrogen) atoms. The Morgan fingerprint density at radius 1 is 1.24 bits per heavy atom. The average Bonchev–Trinajstić information content (AvgIpc) is 2.75. The molecule has 2 aliphatic rings. The lowest BCUT2D eigenvalue weighted by Gasteiger charge is -2.43. The Bertz CT molecular complexity index is 1280. The van der Waals surface area contributed by atoms with E-state index in [2.05, 4.69) is 5.43 Å². The second kappa shape index (κ2) is 8.62. The van der Waals surface area contributed by atoms with E-state index in [-0.39, 0.29) is 39.8 Å². The van der Waals surface area contributed by atoms with Crippen LogP contribution in [0.4, 0.5) is 4.39 Å². The van der Waals surface area contributed by atoms with Gasteiger partial charge >= 0.3 is 0 Å². The van der Waals surface area contributed by atoms with Crippen LogP contribution < -0.4 is 11.2 Å². The number of hydrogen-bond acceptors (Lipinski definition) is 5. The number of Topliss-reactive ketones (excluding diaryl/α,β-unsaturated/α-hetero) is 1. The number of aryl methyl sites for hydroxylation is 1. The molecule has 0 bridgehead atoms. The maximum Gasteiger partial charge on any atom is 0.270 e. The lowest BCUT2D eigenvalue weighted by molar-refractivity contribution is -0.118. The minimum atomic E-state index is -1.06. The molecule has 2 aromatic carbocycles. The van der Waals surface area contributed by atoms with Gasteiger partial charge in [0.25, 0.3) is 5.91 Å². The topological polar surface area (TPSA) is 99.2 Å². The quantitative estimate of drug-likeness (QED) is 0.655. The van der Waals surface area contributed by atoms with E-state index in [4.69, 9.17) is 17.3 Å². The SMILES string of the molecule is Cc1ccc(C(=O)NN2C(N)=C(C#N)C(c3c(F)cccc3Cl)C3=C2CC(C)(C)CC3=O)cc1. The van der Waals surface area contributed by atoms with Crippen LogP contribution in [0.2, 0.25) is 5.02 Å². The van der Waals surface area contributed by atoms with Crippen molar-refractivity contribution >= 4 is 23.3 Å². The van der Waals surface area contributed by atoms with Gasteiger partial charge in [-0.25, -0.2) is 9.40 Å². The smallest absolute Gasteiger partial charge is 0.270 e. The van der Waals surface area contributed by atoms with E-state index in [0.717, 1.165) is 5.56 Å². The van der Waals surface area contributed by atoms with Gasteiger partial charge in [0.05, 0.1) is 23.3 Å². The van der Waals surface area contributed by atoms with Gasteiger partial charge in [-0.15, -0.1) is 0 Å². The molecule has 1 heterocycles. The number of nitrogens with zero attached hydrogens (tertiary/aromatic N) is 2. The number of ketones is 1. The van der Waals surface area contributed by atoms with Gasteiger partial charge in [-0.1, -0.05) is 49.2 Å². The summed E-state index contributed by atoms with van der Waals surface area (Å²) in [5, 5.41) is 11.4. The zero-order chi connectivity index (χ0) is 24.8. The van der Waals surface area contributed by atoms with Crippen LogP contribution in [0, 0.1) is 29.5 Å². The van der Waals surface area contributed by atoms with Crippen LogP contribution >= 0.6 is 11.6 Å². The Kier molecular flexibility index (Phi) is 5.96. The maximum absolute atomic E-state index is 15.0. The number of hydrogen-bond donors (Lipinski definition) is 2. The molecule has 174 valence electrons. The molecule has 1 amide bonds. The highest BCUT2D eigenvalue weighted by molar-refractivity contribution is 6.31. The van der Waals surface area contributed by atoms with Crippen molar-refractivity contribution in [2.24, 2.45) is 11.1 Å². The molecule has 3 N–H and O–H groups in total. The average molecular weight is 479 g/mol. The first kappa shape index (κ1) is 23.5. The number of nitrogens with two attached hydrogens (primary N) is 1. The molecule has 6 nitrogen and oxygen atoms in total. The van der Waals surface area contributed by atoms with Gasteiger partial charge < -0.3 is 5.73 Å².